The Morgan fingerprint density at radius 1 is 0.867 bits per heavy atom. The summed E-state index contributed by atoms with van der Waals surface area (Å²) in [6.45, 7) is -0.354. The van der Waals surface area contributed by atoms with E-state index in [9.17, 15) is 9.59 Å². The van der Waals surface area contributed by atoms with E-state index >= 15 is 0 Å². The summed E-state index contributed by atoms with van der Waals surface area (Å²) in [6.07, 6.45) is 0. The first kappa shape index (κ1) is 12.8. The van der Waals surface area contributed by atoms with Crippen LogP contribution in [0.1, 0.15) is 0 Å². The molecule has 9 heteroatoms. The Kier molecular flexibility index (Phi) is 5.41. The molecule has 2 amide bonds. The molecule has 0 heterocycles. The lowest BCUT2D eigenvalue weighted by Gasteiger charge is -1.98. The van der Waals surface area contributed by atoms with Crippen LogP contribution in [0.5, 0.6) is 0 Å². The summed E-state index contributed by atoms with van der Waals surface area (Å²) in [6, 6.07) is 0. The van der Waals surface area contributed by atoms with Crippen LogP contribution in [0, 0.1) is 0 Å². The van der Waals surface area contributed by atoms with Crippen LogP contribution in [0.2, 0.25) is 0 Å². The monoisotopic (exact) mass is 215 g/mol. The summed E-state index contributed by atoms with van der Waals surface area (Å²) in [5, 5.41) is 2.46. The van der Waals surface area contributed by atoms with Gasteiger partial charge in [0.1, 0.15) is 0 Å². The van der Waals surface area contributed by atoms with Crippen molar-refractivity contribution in [2.75, 3.05) is 13.1 Å². The van der Waals surface area contributed by atoms with Gasteiger partial charge in [-0.1, -0.05) is 0 Å². The first-order chi connectivity index (χ1) is 6.91. The second kappa shape index (κ2) is 6.32. The van der Waals surface area contributed by atoms with Crippen molar-refractivity contribution in [3.8, 4) is 0 Å². The van der Waals surface area contributed by atoms with Gasteiger partial charge in [0.2, 0.25) is 0 Å². The lowest BCUT2D eigenvalue weighted by Crippen LogP contribution is -2.32. The highest BCUT2D eigenvalue weighted by molar-refractivity contribution is 5.94. The number of rotatable bonds is 4. The minimum Gasteiger partial charge on any atom is -0.370 e. The van der Waals surface area contributed by atoms with Crippen LogP contribution < -0.4 is 28.3 Å². The molecule has 0 saturated heterocycles. The standard InChI is InChI=1S/C6H13N7O2/c7-5(8)12-3(14)1-11-2-4(15)13-6(9)10/h11H,1-2H2,(H4,7,8,12,14)(H4,9,10,13,15). The van der Waals surface area contributed by atoms with Crippen molar-refractivity contribution < 1.29 is 9.59 Å². The van der Waals surface area contributed by atoms with Gasteiger partial charge in [-0.25, -0.2) is 0 Å². The number of carbonyl (C=O) groups excluding carboxylic acids is 2. The molecule has 0 aromatic carbocycles. The Hall–Kier alpha value is -2.16. The van der Waals surface area contributed by atoms with E-state index in [1.165, 1.54) is 0 Å². The van der Waals surface area contributed by atoms with Crippen LogP contribution in [-0.4, -0.2) is 36.8 Å². The predicted octanol–water partition coefficient (Wildman–Crippen LogP) is -3.82. The van der Waals surface area contributed by atoms with Gasteiger partial charge in [-0.05, 0) is 0 Å². The molecule has 0 radical (unpaired) electrons. The van der Waals surface area contributed by atoms with E-state index < -0.39 is 11.8 Å². The summed E-state index contributed by atoms with van der Waals surface area (Å²) in [4.78, 5) is 28.1. The van der Waals surface area contributed by atoms with Crippen molar-refractivity contribution in [1.82, 2.24) is 5.32 Å². The van der Waals surface area contributed by atoms with Crippen molar-refractivity contribution in [2.24, 2.45) is 32.9 Å². The molecule has 0 aromatic heterocycles. The Labute approximate surface area is 85.6 Å². The maximum Gasteiger partial charge on any atom is 0.262 e. The number of nitrogens with two attached hydrogens (primary N) is 4. The van der Waals surface area contributed by atoms with Gasteiger partial charge in [0.15, 0.2) is 11.9 Å². The van der Waals surface area contributed by atoms with Gasteiger partial charge in [-0.15, -0.1) is 0 Å². The Balaban J connectivity index is 3.81. The van der Waals surface area contributed by atoms with Crippen LogP contribution in [0.4, 0.5) is 0 Å². The largest absolute Gasteiger partial charge is 0.370 e. The molecule has 0 rings (SSSR count). The summed E-state index contributed by atoms with van der Waals surface area (Å²) < 4.78 is 0. The first-order valence-corrected chi connectivity index (χ1v) is 3.87. The van der Waals surface area contributed by atoms with E-state index in [1.54, 1.807) is 0 Å². The topological polar surface area (TPSA) is 175 Å². The van der Waals surface area contributed by atoms with Crippen LogP contribution in [0.3, 0.4) is 0 Å². The van der Waals surface area contributed by atoms with Crippen LogP contribution in [0.15, 0.2) is 9.98 Å². The zero-order valence-electron chi connectivity index (χ0n) is 7.93. The molecule has 0 bridgehead atoms. The van der Waals surface area contributed by atoms with Gasteiger partial charge in [-0.3, -0.25) is 14.9 Å². The fourth-order valence-corrected chi connectivity index (χ4v) is 0.643. The quantitative estimate of drug-likeness (QED) is 0.235. The van der Waals surface area contributed by atoms with E-state index in [4.69, 9.17) is 22.9 Å². The van der Waals surface area contributed by atoms with Crippen LogP contribution >= 0.6 is 0 Å². The second-order valence-electron chi connectivity index (χ2n) is 2.46. The summed E-state index contributed by atoms with van der Waals surface area (Å²) in [7, 11) is 0. The highest BCUT2D eigenvalue weighted by Crippen LogP contribution is 1.74. The second-order valence-corrected chi connectivity index (χ2v) is 2.46. The van der Waals surface area contributed by atoms with Crippen LogP contribution in [0.25, 0.3) is 0 Å². The first-order valence-electron chi connectivity index (χ1n) is 3.87. The number of aliphatic imine (C=N–C) groups is 2. The lowest BCUT2D eigenvalue weighted by atomic mass is 10.5. The number of amides is 2. The summed E-state index contributed by atoms with van der Waals surface area (Å²) >= 11 is 0. The highest BCUT2D eigenvalue weighted by atomic mass is 16.2. The van der Waals surface area contributed by atoms with Gasteiger partial charge in [0.25, 0.3) is 11.8 Å². The minimum absolute atomic E-state index is 0.177. The number of nitrogens with one attached hydrogen (secondary N) is 1. The van der Waals surface area contributed by atoms with E-state index in [-0.39, 0.29) is 25.0 Å². The van der Waals surface area contributed by atoms with Gasteiger partial charge >= 0.3 is 0 Å². The van der Waals surface area contributed by atoms with E-state index in [0.29, 0.717) is 0 Å². The maximum absolute atomic E-state index is 10.9. The predicted molar refractivity (Wildman–Crippen MR) is 54.5 cm³/mol. The van der Waals surface area contributed by atoms with E-state index in [2.05, 4.69) is 15.3 Å². The Bertz CT molecular complexity index is 271. The van der Waals surface area contributed by atoms with E-state index in [0.717, 1.165) is 0 Å². The van der Waals surface area contributed by atoms with Crippen molar-refractivity contribution in [2.45, 2.75) is 0 Å². The number of hydrogen-bond acceptors (Lipinski definition) is 3. The van der Waals surface area contributed by atoms with E-state index in [1.807, 2.05) is 0 Å². The van der Waals surface area contributed by atoms with Gasteiger partial charge < -0.3 is 22.9 Å². The highest BCUT2D eigenvalue weighted by Gasteiger charge is 2.02. The van der Waals surface area contributed by atoms with Crippen molar-refractivity contribution in [1.29, 1.82) is 0 Å². The maximum atomic E-state index is 10.9. The minimum atomic E-state index is -0.590. The van der Waals surface area contributed by atoms with Crippen molar-refractivity contribution in [3.63, 3.8) is 0 Å². The van der Waals surface area contributed by atoms with Crippen molar-refractivity contribution >= 4 is 23.7 Å². The summed E-state index contributed by atoms with van der Waals surface area (Å²) in [5.74, 6) is -1.85. The third-order valence-electron chi connectivity index (χ3n) is 1.06. The number of carbonyl (C=O) groups is 2. The fourth-order valence-electron chi connectivity index (χ4n) is 0.643. The normalized spacial score (nSPS) is 9.07. The van der Waals surface area contributed by atoms with Gasteiger partial charge in [0.05, 0.1) is 13.1 Å². The molecule has 0 unspecified atom stereocenters. The zero-order valence-corrected chi connectivity index (χ0v) is 7.93. The molecular weight excluding hydrogens is 202 g/mol. The number of guanidine groups is 2. The van der Waals surface area contributed by atoms with Gasteiger partial charge in [-0.2, -0.15) is 9.98 Å². The molecular formula is C6H13N7O2. The summed E-state index contributed by atoms with van der Waals surface area (Å²) in [5.41, 5.74) is 19.8. The lowest BCUT2D eigenvalue weighted by molar-refractivity contribution is -0.118. The molecule has 0 aliphatic carbocycles. The molecule has 84 valence electrons. The van der Waals surface area contributed by atoms with Crippen LogP contribution in [-0.2, 0) is 9.59 Å². The molecule has 0 spiro atoms. The zero-order chi connectivity index (χ0) is 11.8. The molecule has 15 heavy (non-hydrogen) atoms. The molecule has 0 fully saturated rings. The average molecular weight is 215 g/mol. The SMILES string of the molecule is NC(N)=NC(=O)CNCC(=O)N=C(N)N. The third-order valence-corrected chi connectivity index (χ3v) is 1.06. The number of hydrogen-bond donors (Lipinski definition) is 5. The third kappa shape index (κ3) is 8.18. The molecule has 0 saturated carbocycles. The Morgan fingerprint density at radius 3 is 1.47 bits per heavy atom. The molecule has 0 aliphatic heterocycles. The Morgan fingerprint density at radius 2 is 1.20 bits per heavy atom. The average Bonchev–Trinajstić information content (AvgIpc) is 2.00. The molecule has 9 N–H and O–H groups in total. The molecule has 0 atom stereocenters. The molecule has 0 aromatic rings. The smallest absolute Gasteiger partial charge is 0.262 e. The van der Waals surface area contributed by atoms with Crippen molar-refractivity contribution in [3.05, 3.63) is 0 Å². The fraction of sp³-hybridized carbons (Fsp3) is 0.333. The number of nitrogens with zero attached hydrogens (tertiary/aromatic N) is 2. The van der Waals surface area contributed by atoms with Gasteiger partial charge in [0, 0.05) is 0 Å². The molecule has 0 aliphatic rings. The molecule has 9 nitrogen and oxygen atoms in total.